The first-order valence-electron chi connectivity index (χ1n) is 12.2. The van der Waals surface area contributed by atoms with Crippen LogP contribution in [-0.2, 0) is 0 Å². The summed E-state index contributed by atoms with van der Waals surface area (Å²) >= 11 is 0. The average molecular weight is 476 g/mol. The Labute approximate surface area is 206 Å². The summed E-state index contributed by atoms with van der Waals surface area (Å²) in [7, 11) is 2.12. The number of imidazole rings is 1. The second kappa shape index (κ2) is 10.00. The van der Waals surface area contributed by atoms with Gasteiger partial charge >= 0.3 is 0 Å². The van der Waals surface area contributed by atoms with E-state index in [2.05, 4.69) is 40.7 Å². The first-order valence-corrected chi connectivity index (χ1v) is 12.2. The zero-order valence-electron chi connectivity index (χ0n) is 21.3. The van der Waals surface area contributed by atoms with E-state index in [4.69, 9.17) is 10.7 Å². The minimum atomic E-state index is -0.240. The van der Waals surface area contributed by atoms with E-state index in [9.17, 15) is 0 Å². The van der Waals surface area contributed by atoms with Crippen molar-refractivity contribution in [3.8, 4) is 16.9 Å². The summed E-state index contributed by atoms with van der Waals surface area (Å²) in [6.45, 7) is 11.9. The molecule has 5 rings (SSSR count). The highest BCUT2D eigenvalue weighted by Crippen LogP contribution is 2.30. The van der Waals surface area contributed by atoms with Gasteiger partial charge in [-0.1, -0.05) is 13.8 Å². The van der Waals surface area contributed by atoms with Crippen LogP contribution in [0.15, 0.2) is 48.7 Å². The van der Waals surface area contributed by atoms with E-state index >= 15 is 4.39 Å². The molecule has 0 saturated carbocycles. The molecule has 0 amide bonds. The first kappa shape index (κ1) is 24.6. The Morgan fingerprint density at radius 3 is 2.46 bits per heavy atom. The molecule has 8 heteroatoms. The molecule has 4 heterocycles. The Kier molecular flexibility index (Phi) is 7.03. The van der Waals surface area contributed by atoms with Gasteiger partial charge in [0.1, 0.15) is 23.0 Å². The maximum Gasteiger partial charge on any atom is 0.165 e. The molecule has 1 aliphatic heterocycles. The number of nitrogens with two attached hydrogens (primary N) is 1. The van der Waals surface area contributed by atoms with Crippen molar-refractivity contribution < 1.29 is 4.39 Å². The molecule has 1 saturated heterocycles. The van der Waals surface area contributed by atoms with Crippen LogP contribution in [0.25, 0.3) is 28.1 Å². The normalized spacial score (nSPS) is 18.4. The van der Waals surface area contributed by atoms with Crippen LogP contribution in [0.5, 0.6) is 0 Å². The number of benzene rings is 1. The fourth-order valence-electron chi connectivity index (χ4n) is 4.65. The van der Waals surface area contributed by atoms with Crippen LogP contribution in [0.2, 0.25) is 0 Å². The molecule has 0 aliphatic carbocycles. The molecule has 35 heavy (non-hydrogen) atoms. The maximum atomic E-state index is 15.4. The molecule has 1 fully saturated rings. The van der Waals surface area contributed by atoms with Gasteiger partial charge in [-0.2, -0.15) is 0 Å². The molecule has 3 aromatic heterocycles. The number of aryl methyl sites for hydroxylation is 1. The van der Waals surface area contributed by atoms with Gasteiger partial charge in [-0.15, -0.1) is 0 Å². The van der Waals surface area contributed by atoms with Gasteiger partial charge in [-0.05, 0) is 64.2 Å². The van der Waals surface area contributed by atoms with Crippen molar-refractivity contribution in [3.05, 3.63) is 60.3 Å². The predicted molar refractivity (Wildman–Crippen MR) is 141 cm³/mol. The van der Waals surface area contributed by atoms with Crippen LogP contribution in [0.3, 0.4) is 0 Å². The SMILES string of the molecule is CC.Cc1nc2ccc(-c3ccnc(N)c3)nc2n1-c1ccc(N2C[C@H](C)N(C)C[C@@H]2C)c(F)c1. The Morgan fingerprint density at radius 1 is 0.971 bits per heavy atom. The van der Waals surface area contributed by atoms with E-state index in [1.54, 1.807) is 18.3 Å². The summed E-state index contributed by atoms with van der Waals surface area (Å²) in [6.07, 6.45) is 1.66. The lowest BCUT2D eigenvalue weighted by atomic mass is 10.1. The van der Waals surface area contributed by atoms with Crippen molar-refractivity contribution in [2.45, 2.75) is 46.7 Å². The zero-order chi connectivity index (χ0) is 25.3. The Morgan fingerprint density at radius 2 is 1.74 bits per heavy atom. The number of rotatable bonds is 3. The Balaban J connectivity index is 0.00000141. The third-order valence-electron chi connectivity index (χ3n) is 6.55. The molecular formula is C27H34FN7. The summed E-state index contributed by atoms with van der Waals surface area (Å²) in [5, 5.41) is 0. The highest BCUT2D eigenvalue weighted by Gasteiger charge is 2.28. The smallest absolute Gasteiger partial charge is 0.165 e. The molecule has 0 unspecified atom stereocenters. The predicted octanol–water partition coefficient (Wildman–Crippen LogP) is 5.07. The van der Waals surface area contributed by atoms with Crippen molar-refractivity contribution in [1.29, 1.82) is 0 Å². The van der Waals surface area contributed by atoms with E-state index in [0.29, 0.717) is 28.9 Å². The van der Waals surface area contributed by atoms with Crippen LogP contribution in [0.1, 0.15) is 33.5 Å². The number of anilines is 2. The first-order chi connectivity index (χ1) is 16.8. The zero-order valence-corrected chi connectivity index (χ0v) is 21.3. The number of fused-ring (bicyclic) bond motifs is 1. The van der Waals surface area contributed by atoms with Gasteiger partial charge in [0, 0.05) is 43.0 Å². The minimum Gasteiger partial charge on any atom is -0.384 e. The van der Waals surface area contributed by atoms with Crippen LogP contribution < -0.4 is 10.6 Å². The molecule has 4 aromatic rings. The van der Waals surface area contributed by atoms with Crippen molar-refractivity contribution in [2.24, 2.45) is 0 Å². The summed E-state index contributed by atoms with van der Waals surface area (Å²) in [5.74, 6) is 0.942. The minimum absolute atomic E-state index is 0.236. The fourth-order valence-corrected chi connectivity index (χ4v) is 4.65. The number of piperazine rings is 1. The standard InChI is InChI=1S/C25H28FN7.C2H6/c1-15-14-32(16(2)13-31(15)4)23-8-5-19(12-20(23)26)33-17(3)29-22-7-6-21(30-25(22)33)18-9-10-28-24(27)11-18;1-2/h5-12,15-16H,13-14H2,1-4H3,(H2,27,28);1-2H3/t15-,16-;/m0./s1. The Hall–Kier alpha value is -3.52. The Bertz CT molecular complexity index is 1330. The van der Waals surface area contributed by atoms with Crippen molar-refractivity contribution in [2.75, 3.05) is 30.8 Å². The van der Waals surface area contributed by atoms with Crippen LogP contribution in [0.4, 0.5) is 15.9 Å². The van der Waals surface area contributed by atoms with Crippen LogP contribution in [0, 0.1) is 12.7 Å². The molecule has 0 bridgehead atoms. The quantitative estimate of drug-likeness (QED) is 0.446. The summed E-state index contributed by atoms with van der Waals surface area (Å²) in [4.78, 5) is 18.0. The molecule has 2 N–H and O–H groups in total. The van der Waals surface area contributed by atoms with Crippen LogP contribution in [-0.4, -0.2) is 56.6 Å². The molecule has 0 spiro atoms. The lowest BCUT2D eigenvalue weighted by molar-refractivity contribution is 0.205. The van der Waals surface area contributed by atoms with E-state index in [1.165, 1.54) is 0 Å². The number of nitrogens with zero attached hydrogens (tertiary/aromatic N) is 6. The molecule has 1 aliphatic rings. The van der Waals surface area contributed by atoms with Gasteiger partial charge in [0.2, 0.25) is 0 Å². The monoisotopic (exact) mass is 475 g/mol. The largest absolute Gasteiger partial charge is 0.384 e. The highest BCUT2D eigenvalue weighted by molar-refractivity contribution is 5.78. The highest BCUT2D eigenvalue weighted by atomic mass is 19.1. The summed E-state index contributed by atoms with van der Waals surface area (Å²) in [5.41, 5.74) is 10.2. The second-order valence-electron chi connectivity index (χ2n) is 8.93. The van der Waals surface area contributed by atoms with Gasteiger partial charge in [-0.25, -0.2) is 19.3 Å². The second-order valence-corrected chi connectivity index (χ2v) is 8.93. The number of halogens is 1. The molecular weight excluding hydrogens is 441 g/mol. The van der Waals surface area contributed by atoms with Gasteiger partial charge in [0.25, 0.3) is 0 Å². The van der Waals surface area contributed by atoms with Crippen molar-refractivity contribution >= 4 is 22.7 Å². The van der Waals surface area contributed by atoms with Gasteiger partial charge in [-0.3, -0.25) is 9.47 Å². The number of aromatic nitrogens is 4. The lowest BCUT2D eigenvalue weighted by Crippen LogP contribution is -2.55. The molecule has 2 atom stereocenters. The maximum absolute atomic E-state index is 15.4. The third kappa shape index (κ3) is 4.71. The molecule has 0 radical (unpaired) electrons. The number of hydrogen-bond donors (Lipinski definition) is 1. The topological polar surface area (TPSA) is 76.1 Å². The van der Waals surface area contributed by atoms with E-state index < -0.39 is 0 Å². The van der Waals surface area contributed by atoms with E-state index in [0.717, 1.165) is 35.7 Å². The lowest BCUT2D eigenvalue weighted by Gasteiger charge is -2.43. The summed E-state index contributed by atoms with van der Waals surface area (Å²) < 4.78 is 17.3. The van der Waals surface area contributed by atoms with E-state index in [-0.39, 0.29) is 11.9 Å². The van der Waals surface area contributed by atoms with E-state index in [1.807, 2.05) is 55.7 Å². The van der Waals surface area contributed by atoms with Crippen molar-refractivity contribution in [1.82, 2.24) is 24.4 Å². The molecule has 184 valence electrons. The van der Waals surface area contributed by atoms with Gasteiger partial charge in [0.05, 0.1) is 17.1 Å². The van der Waals surface area contributed by atoms with Gasteiger partial charge in [0.15, 0.2) is 5.65 Å². The van der Waals surface area contributed by atoms with Crippen molar-refractivity contribution in [3.63, 3.8) is 0 Å². The fraction of sp³-hybridized carbons (Fsp3) is 0.370. The summed E-state index contributed by atoms with van der Waals surface area (Å²) in [6, 6.07) is 13.5. The number of likely N-dealkylation sites (N-methyl/N-ethyl adjacent to an activating group) is 1. The third-order valence-corrected chi connectivity index (χ3v) is 6.55. The number of nitrogen functional groups attached to an aromatic ring is 1. The van der Waals surface area contributed by atoms with Gasteiger partial charge < -0.3 is 10.6 Å². The van der Waals surface area contributed by atoms with Crippen LogP contribution >= 0.6 is 0 Å². The number of hydrogen-bond acceptors (Lipinski definition) is 6. The molecule has 7 nitrogen and oxygen atoms in total. The average Bonchev–Trinajstić information content (AvgIpc) is 3.18. The molecule has 1 aromatic carbocycles. The number of pyridine rings is 2.